The minimum absolute atomic E-state index is 0.525. The highest BCUT2D eigenvalue weighted by atomic mass is 16.4. The molecular weight excluding hydrogens is 262 g/mol. The first-order valence-corrected chi connectivity index (χ1v) is 6.36. The van der Waals surface area contributed by atoms with E-state index < -0.39 is 46.7 Å². The van der Waals surface area contributed by atoms with Crippen molar-refractivity contribution in [3.8, 4) is 0 Å². The second kappa shape index (κ2) is 6.15. The van der Waals surface area contributed by atoms with Crippen LogP contribution in [0.2, 0.25) is 0 Å². The standard InChI is InChI=1S/C14H23NO5/c1-13(2,3)10(17)9(16)7-8(11(18)19)15-12(20)14(4,5)6/h8H,7H2,1-6H3,(H,15,20)(H,18,19)/p-1/t8-/m1/s1. The van der Waals surface area contributed by atoms with Gasteiger partial charge < -0.3 is 15.2 Å². The van der Waals surface area contributed by atoms with Gasteiger partial charge in [-0.15, -0.1) is 0 Å². The van der Waals surface area contributed by atoms with Crippen molar-refractivity contribution in [2.75, 3.05) is 0 Å². The maximum atomic E-state index is 11.7. The van der Waals surface area contributed by atoms with Crippen molar-refractivity contribution in [1.29, 1.82) is 0 Å². The quantitative estimate of drug-likeness (QED) is 0.707. The fourth-order valence-electron chi connectivity index (χ4n) is 1.26. The van der Waals surface area contributed by atoms with Crippen LogP contribution in [0.15, 0.2) is 0 Å². The monoisotopic (exact) mass is 284 g/mol. The summed E-state index contributed by atoms with van der Waals surface area (Å²) in [5, 5.41) is 13.2. The van der Waals surface area contributed by atoms with Gasteiger partial charge in [-0.2, -0.15) is 0 Å². The summed E-state index contributed by atoms with van der Waals surface area (Å²) in [6, 6.07) is -1.50. The Labute approximate surface area is 118 Å². The molecule has 0 spiro atoms. The molecule has 0 aromatic heterocycles. The van der Waals surface area contributed by atoms with Gasteiger partial charge in [0, 0.05) is 17.3 Å². The van der Waals surface area contributed by atoms with Crippen LogP contribution in [0.4, 0.5) is 0 Å². The van der Waals surface area contributed by atoms with E-state index in [4.69, 9.17) is 0 Å². The zero-order valence-corrected chi connectivity index (χ0v) is 12.8. The van der Waals surface area contributed by atoms with E-state index in [-0.39, 0.29) is 0 Å². The third kappa shape index (κ3) is 5.50. The molecule has 0 aromatic carbocycles. The minimum atomic E-state index is -1.59. The molecule has 0 fully saturated rings. The van der Waals surface area contributed by atoms with Crippen LogP contribution in [0.5, 0.6) is 0 Å². The summed E-state index contributed by atoms with van der Waals surface area (Å²) in [7, 11) is 0. The molecule has 0 aromatic rings. The predicted molar refractivity (Wildman–Crippen MR) is 70.5 cm³/mol. The Kier molecular flexibility index (Phi) is 5.62. The first-order valence-electron chi connectivity index (χ1n) is 6.36. The van der Waals surface area contributed by atoms with Gasteiger partial charge in [0.1, 0.15) is 0 Å². The number of carbonyl (C=O) groups is 4. The van der Waals surface area contributed by atoms with Crippen molar-refractivity contribution in [2.45, 2.75) is 54.0 Å². The number of hydrogen-bond acceptors (Lipinski definition) is 5. The van der Waals surface area contributed by atoms with Gasteiger partial charge in [0.15, 0.2) is 0 Å². The molecule has 0 unspecified atom stereocenters. The summed E-state index contributed by atoms with van der Waals surface area (Å²) in [5.74, 6) is -3.62. The molecule has 1 N–H and O–H groups in total. The highest BCUT2D eigenvalue weighted by Crippen LogP contribution is 2.17. The largest absolute Gasteiger partial charge is 0.548 e. The smallest absolute Gasteiger partial charge is 0.225 e. The van der Waals surface area contributed by atoms with Gasteiger partial charge in [-0.3, -0.25) is 14.4 Å². The predicted octanol–water partition coefficient (Wildman–Crippen LogP) is -0.158. The Bertz CT molecular complexity index is 426. The summed E-state index contributed by atoms with van der Waals surface area (Å²) in [6.45, 7) is 9.52. The summed E-state index contributed by atoms with van der Waals surface area (Å²) >= 11 is 0. The van der Waals surface area contributed by atoms with E-state index >= 15 is 0 Å². The maximum absolute atomic E-state index is 11.7. The fourth-order valence-corrected chi connectivity index (χ4v) is 1.26. The van der Waals surface area contributed by atoms with E-state index in [1.807, 2.05) is 0 Å². The number of ketones is 2. The first-order chi connectivity index (χ1) is 8.76. The molecule has 0 aliphatic heterocycles. The van der Waals surface area contributed by atoms with Crippen molar-refractivity contribution in [2.24, 2.45) is 10.8 Å². The number of Topliss-reactive ketones (excluding diaryl/α,β-unsaturated/α-hetero) is 2. The van der Waals surface area contributed by atoms with Crippen molar-refractivity contribution >= 4 is 23.4 Å². The minimum Gasteiger partial charge on any atom is -0.548 e. The van der Waals surface area contributed by atoms with Crippen molar-refractivity contribution in [3.63, 3.8) is 0 Å². The van der Waals surface area contributed by atoms with Crippen LogP contribution in [-0.2, 0) is 19.2 Å². The lowest BCUT2D eigenvalue weighted by molar-refractivity contribution is -0.308. The lowest BCUT2D eigenvalue weighted by Gasteiger charge is -2.25. The molecule has 1 atom stereocenters. The Hall–Kier alpha value is -1.72. The lowest BCUT2D eigenvalue weighted by atomic mass is 9.86. The normalized spacial score (nSPS) is 13.5. The van der Waals surface area contributed by atoms with Crippen molar-refractivity contribution < 1.29 is 24.3 Å². The molecule has 0 rings (SSSR count). The SMILES string of the molecule is CC(C)(C)C(=O)N[C@H](CC(=O)C(=O)C(C)(C)C)C(=O)[O-]. The van der Waals surface area contributed by atoms with Gasteiger partial charge in [0.25, 0.3) is 0 Å². The molecule has 1 amide bonds. The highest BCUT2D eigenvalue weighted by Gasteiger charge is 2.31. The number of carboxylic acid groups (broad SMARTS) is 1. The van der Waals surface area contributed by atoms with E-state index in [2.05, 4.69) is 5.32 Å². The first kappa shape index (κ1) is 18.3. The van der Waals surface area contributed by atoms with Gasteiger partial charge in [0.2, 0.25) is 17.5 Å². The average molecular weight is 284 g/mol. The molecule has 0 aliphatic carbocycles. The molecule has 0 radical (unpaired) electrons. The maximum Gasteiger partial charge on any atom is 0.225 e. The van der Waals surface area contributed by atoms with E-state index in [9.17, 15) is 24.3 Å². The molecule has 0 heterocycles. The van der Waals surface area contributed by atoms with Gasteiger partial charge in [-0.05, 0) is 0 Å². The summed E-state index contributed by atoms with van der Waals surface area (Å²) < 4.78 is 0. The Morgan fingerprint density at radius 3 is 1.70 bits per heavy atom. The molecule has 114 valence electrons. The topological polar surface area (TPSA) is 103 Å². The number of rotatable bonds is 5. The molecule has 0 saturated heterocycles. The van der Waals surface area contributed by atoms with E-state index in [1.165, 1.54) is 0 Å². The Morgan fingerprint density at radius 2 is 1.40 bits per heavy atom. The molecule has 20 heavy (non-hydrogen) atoms. The van der Waals surface area contributed by atoms with E-state index in [0.29, 0.717) is 0 Å². The van der Waals surface area contributed by atoms with E-state index in [1.54, 1.807) is 41.5 Å². The third-order valence-electron chi connectivity index (χ3n) is 2.59. The lowest BCUT2D eigenvalue weighted by Crippen LogP contribution is -2.52. The molecule has 6 nitrogen and oxygen atoms in total. The Morgan fingerprint density at radius 1 is 0.950 bits per heavy atom. The fraction of sp³-hybridized carbons (Fsp3) is 0.714. The second-order valence-electron chi connectivity index (χ2n) is 6.80. The molecule has 6 heteroatoms. The van der Waals surface area contributed by atoms with Gasteiger partial charge in [0.05, 0.1) is 12.0 Å². The van der Waals surface area contributed by atoms with Crippen molar-refractivity contribution in [1.82, 2.24) is 5.32 Å². The highest BCUT2D eigenvalue weighted by molar-refractivity contribution is 6.39. The van der Waals surface area contributed by atoms with Gasteiger partial charge in [-0.25, -0.2) is 0 Å². The van der Waals surface area contributed by atoms with Gasteiger partial charge >= 0.3 is 0 Å². The van der Waals surface area contributed by atoms with Crippen molar-refractivity contribution in [3.05, 3.63) is 0 Å². The van der Waals surface area contributed by atoms with Crippen LogP contribution in [0.3, 0.4) is 0 Å². The zero-order valence-electron chi connectivity index (χ0n) is 12.8. The summed E-state index contributed by atoms with van der Waals surface area (Å²) in [6.07, 6.45) is -0.597. The van der Waals surface area contributed by atoms with Crippen LogP contribution in [-0.4, -0.2) is 29.5 Å². The van der Waals surface area contributed by atoms with Crippen LogP contribution in [0.1, 0.15) is 48.0 Å². The summed E-state index contributed by atoms with van der Waals surface area (Å²) in [5.41, 5.74) is -1.69. The van der Waals surface area contributed by atoms with E-state index in [0.717, 1.165) is 0 Å². The average Bonchev–Trinajstić information content (AvgIpc) is 2.23. The number of hydrogen-bond donors (Lipinski definition) is 1. The number of carbonyl (C=O) groups excluding carboxylic acids is 4. The van der Waals surface area contributed by atoms with Gasteiger partial charge in [-0.1, -0.05) is 41.5 Å². The third-order valence-corrected chi connectivity index (χ3v) is 2.59. The van der Waals surface area contributed by atoms with Crippen LogP contribution >= 0.6 is 0 Å². The zero-order chi connectivity index (χ0) is 16.3. The number of aliphatic carboxylic acids is 1. The molecule has 0 saturated carbocycles. The molecule has 0 aliphatic rings. The number of carboxylic acids is 1. The summed E-state index contributed by atoms with van der Waals surface area (Å²) in [4.78, 5) is 46.2. The van der Waals surface area contributed by atoms with Crippen LogP contribution in [0.25, 0.3) is 0 Å². The molecule has 0 bridgehead atoms. The molecular formula is C14H22NO5-. The Balaban J connectivity index is 4.91. The number of nitrogens with one attached hydrogen (secondary N) is 1. The van der Waals surface area contributed by atoms with Crippen LogP contribution in [0, 0.1) is 10.8 Å². The number of amides is 1. The second-order valence-corrected chi connectivity index (χ2v) is 6.80. The van der Waals surface area contributed by atoms with Crippen LogP contribution < -0.4 is 10.4 Å².